The van der Waals surface area contributed by atoms with Gasteiger partial charge in [0.05, 0.1) is 12.7 Å². The summed E-state index contributed by atoms with van der Waals surface area (Å²) in [5, 5.41) is 26.5. The number of nitrogens with two attached hydrogens (primary N) is 1. The lowest BCUT2D eigenvalue weighted by atomic mass is 10.1. The minimum atomic E-state index is -1.18. The third-order valence-electron chi connectivity index (χ3n) is 1.69. The number of primary amides is 1. The molecule has 1 amide bonds. The van der Waals surface area contributed by atoms with E-state index in [0.29, 0.717) is 5.57 Å². The maximum absolute atomic E-state index is 10.5. The Bertz CT molecular complexity index is 202. The minimum absolute atomic E-state index is 0.0937. The van der Waals surface area contributed by atoms with Crippen LogP contribution in [0.2, 0.25) is 0 Å². The average Bonchev–Trinajstić information content (AvgIpc) is 2.11. The van der Waals surface area contributed by atoms with Gasteiger partial charge in [0.2, 0.25) is 5.91 Å². The SMILES string of the molecule is C/C(=C\CC(O)C(O)CO)C(N)=O. The summed E-state index contributed by atoms with van der Waals surface area (Å²) in [6.07, 6.45) is -0.737. The van der Waals surface area contributed by atoms with E-state index in [2.05, 4.69) is 0 Å². The lowest BCUT2D eigenvalue weighted by Gasteiger charge is -2.13. The van der Waals surface area contributed by atoms with E-state index < -0.39 is 24.7 Å². The number of rotatable bonds is 5. The van der Waals surface area contributed by atoms with Crippen LogP contribution in [0.15, 0.2) is 11.6 Å². The molecular formula is C8H15NO4. The highest BCUT2D eigenvalue weighted by molar-refractivity contribution is 5.91. The molecular weight excluding hydrogens is 174 g/mol. The standard InChI is InChI=1S/C8H15NO4/c1-5(8(9)13)2-3-6(11)7(12)4-10/h2,6-7,10-12H,3-4H2,1H3,(H2,9,13)/b5-2+. The van der Waals surface area contributed by atoms with Crippen molar-refractivity contribution in [1.82, 2.24) is 0 Å². The van der Waals surface area contributed by atoms with Gasteiger partial charge in [0.1, 0.15) is 6.10 Å². The highest BCUT2D eigenvalue weighted by atomic mass is 16.4. The molecule has 0 aromatic carbocycles. The van der Waals surface area contributed by atoms with Crippen molar-refractivity contribution < 1.29 is 20.1 Å². The molecule has 0 aliphatic heterocycles. The smallest absolute Gasteiger partial charge is 0.244 e. The van der Waals surface area contributed by atoms with Crippen LogP contribution < -0.4 is 5.73 Å². The first-order valence-corrected chi connectivity index (χ1v) is 3.92. The Morgan fingerprint density at radius 3 is 2.38 bits per heavy atom. The number of carbonyl (C=O) groups is 1. The second-order valence-electron chi connectivity index (χ2n) is 2.80. The van der Waals surface area contributed by atoms with Crippen molar-refractivity contribution in [3.05, 3.63) is 11.6 Å². The number of amides is 1. The van der Waals surface area contributed by atoms with Gasteiger partial charge in [0.25, 0.3) is 0 Å². The summed E-state index contributed by atoms with van der Waals surface area (Å²) >= 11 is 0. The molecule has 0 bridgehead atoms. The van der Waals surface area contributed by atoms with Crippen molar-refractivity contribution in [2.45, 2.75) is 25.6 Å². The van der Waals surface area contributed by atoms with Crippen LogP contribution in [0.5, 0.6) is 0 Å². The summed E-state index contributed by atoms with van der Waals surface area (Å²) in [7, 11) is 0. The number of carbonyl (C=O) groups excluding carboxylic acids is 1. The van der Waals surface area contributed by atoms with Crippen LogP contribution in [-0.2, 0) is 4.79 Å². The molecule has 0 aliphatic rings. The fraction of sp³-hybridized carbons (Fsp3) is 0.625. The van der Waals surface area contributed by atoms with E-state index in [-0.39, 0.29) is 6.42 Å². The molecule has 0 aromatic rings. The lowest BCUT2D eigenvalue weighted by Crippen LogP contribution is -2.28. The molecule has 13 heavy (non-hydrogen) atoms. The van der Waals surface area contributed by atoms with Gasteiger partial charge in [0, 0.05) is 5.57 Å². The van der Waals surface area contributed by atoms with Gasteiger partial charge in [0.15, 0.2) is 0 Å². The maximum Gasteiger partial charge on any atom is 0.244 e. The molecule has 5 N–H and O–H groups in total. The largest absolute Gasteiger partial charge is 0.394 e. The molecule has 5 heteroatoms. The maximum atomic E-state index is 10.5. The summed E-state index contributed by atoms with van der Waals surface area (Å²) < 4.78 is 0. The first-order chi connectivity index (χ1) is 5.99. The average molecular weight is 189 g/mol. The fourth-order valence-electron chi connectivity index (χ4n) is 0.677. The Hall–Kier alpha value is -0.910. The number of hydrogen-bond donors (Lipinski definition) is 4. The molecule has 2 unspecified atom stereocenters. The second kappa shape index (κ2) is 5.69. The summed E-state index contributed by atoms with van der Waals surface area (Å²) in [4.78, 5) is 10.5. The van der Waals surface area contributed by atoms with Crippen LogP contribution in [0, 0.1) is 0 Å². The zero-order valence-corrected chi connectivity index (χ0v) is 7.47. The molecule has 0 aromatic heterocycles. The Balaban J connectivity index is 4.00. The fourth-order valence-corrected chi connectivity index (χ4v) is 0.677. The van der Waals surface area contributed by atoms with E-state index in [0.717, 1.165) is 0 Å². The minimum Gasteiger partial charge on any atom is -0.394 e. The van der Waals surface area contributed by atoms with Crippen LogP contribution in [0.1, 0.15) is 13.3 Å². The first kappa shape index (κ1) is 12.1. The van der Waals surface area contributed by atoms with Crippen molar-refractivity contribution in [1.29, 1.82) is 0 Å². The molecule has 0 heterocycles. The molecule has 0 fully saturated rings. The molecule has 0 saturated carbocycles. The summed E-state index contributed by atoms with van der Waals surface area (Å²) in [5.41, 5.74) is 5.25. The van der Waals surface area contributed by atoms with Gasteiger partial charge in [-0.15, -0.1) is 0 Å². The summed E-state index contributed by atoms with van der Waals surface area (Å²) in [6, 6.07) is 0. The Kier molecular flexibility index (Phi) is 5.29. The molecule has 0 rings (SSSR count). The normalized spacial score (nSPS) is 16.8. The van der Waals surface area contributed by atoms with Crippen molar-refractivity contribution in [3.8, 4) is 0 Å². The predicted molar refractivity (Wildman–Crippen MR) is 46.7 cm³/mol. The highest BCUT2D eigenvalue weighted by Crippen LogP contribution is 2.02. The van der Waals surface area contributed by atoms with Crippen molar-refractivity contribution in [2.75, 3.05) is 6.61 Å². The summed E-state index contributed by atoms with van der Waals surface area (Å²) in [5.74, 6) is -0.564. The number of aliphatic hydroxyl groups excluding tert-OH is 3. The van der Waals surface area contributed by atoms with Gasteiger partial charge in [-0.3, -0.25) is 4.79 Å². The van der Waals surface area contributed by atoms with Gasteiger partial charge < -0.3 is 21.1 Å². The van der Waals surface area contributed by atoms with Crippen molar-refractivity contribution >= 4 is 5.91 Å². The molecule has 0 aliphatic carbocycles. The lowest BCUT2D eigenvalue weighted by molar-refractivity contribution is -0.114. The Labute approximate surface area is 76.5 Å². The molecule has 5 nitrogen and oxygen atoms in total. The van der Waals surface area contributed by atoms with E-state index in [4.69, 9.17) is 21.1 Å². The summed E-state index contributed by atoms with van der Waals surface area (Å²) in [6.45, 7) is 1.00. The van der Waals surface area contributed by atoms with Crippen LogP contribution in [0.4, 0.5) is 0 Å². The van der Waals surface area contributed by atoms with Gasteiger partial charge in [-0.1, -0.05) is 6.08 Å². The molecule has 0 radical (unpaired) electrons. The third-order valence-corrected chi connectivity index (χ3v) is 1.69. The van der Waals surface area contributed by atoms with Gasteiger partial charge in [-0.2, -0.15) is 0 Å². The Morgan fingerprint density at radius 1 is 1.46 bits per heavy atom. The van der Waals surface area contributed by atoms with E-state index in [1.54, 1.807) is 0 Å². The second-order valence-corrected chi connectivity index (χ2v) is 2.80. The van der Waals surface area contributed by atoms with Gasteiger partial charge in [-0.05, 0) is 13.3 Å². The first-order valence-electron chi connectivity index (χ1n) is 3.92. The zero-order chi connectivity index (χ0) is 10.4. The molecule has 0 saturated heterocycles. The highest BCUT2D eigenvalue weighted by Gasteiger charge is 2.13. The van der Waals surface area contributed by atoms with Crippen LogP contribution in [-0.4, -0.2) is 40.0 Å². The monoisotopic (exact) mass is 189 g/mol. The van der Waals surface area contributed by atoms with Crippen molar-refractivity contribution in [3.63, 3.8) is 0 Å². The van der Waals surface area contributed by atoms with E-state index in [9.17, 15) is 4.79 Å². The van der Waals surface area contributed by atoms with Gasteiger partial charge in [-0.25, -0.2) is 0 Å². The Morgan fingerprint density at radius 2 is 2.00 bits per heavy atom. The number of aliphatic hydroxyl groups is 3. The number of hydrogen-bond acceptors (Lipinski definition) is 4. The van der Waals surface area contributed by atoms with E-state index >= 15 is 0 Å². The van der Waals surface area contributed by atoms with Crippen LogP contribution >= 0.6 is 0 Å². The third kappa shape index (κ3) is 4.62. The van der Waals surface area contributed by atoms with Gasteiger partial charge >= 0.3 is 0 Å². The van der Waals surface area contributed by atoms with E-state index in [1.807, 2.05) is 0 Å². The molecule has 2 atom stereocenters. The van der Waals surface area contributed by atoms with Crippen molar-refractivity contribution in [2.24, 2.45) is 5.73 Å². The van der Waals surface area contributed by atoms with Crippen LogP contribution in [0.3, 0.4) is 0 Å². The zero-order valence-electron chi connectivity index (χ0n) is 7.47. The topological polar surface area (TPSA) is 104 Å². The molecule has 76 valence electrons. The van der Waals surface area contributed by atoms with Crippen LogP contribution in [0.25, 0.3) is 0 Å². The predicted octanol–water partition coefficient (Wildman–Crippen LogP) is -1.48. The molecule has 0 spiro atoms. The quantitative estimate of drug-likeness (QED) is 0.396. The van der Waals surface area contributed by atoms with E-state index in [1.165, 1.54) is 13.0 Å².